The number of fused-ring (bicyclic) bond motifs is 2. The van der Waals surface area contributed by atoms with E-state index in [0.717, 1.165) is 22.0 Å². The molecule has 0 aliphatic carbocycles. The average Bonchev–Trinajstić information content (AvgIpc) is 3.21. The first-order valence-electron chi connectivity index (χ1n) is 9.76. The number of imidazole rings is 1. The lowest BCUT2D eigenvalue weighted by Crippen LogP contribution is -2.20. The van der Waals surface area contributed by atoms with Crippen LogP contribution in [0.15, 0.2) is 82.0 Å². The van der Waals surface area contributed by atoms with Gasteiger partial charge >= 0.3 is 5.63 Å². The molecule has 0 atom stereocenters. The monoisotopic (exact) mass is 429 g/mol. The van der Waals surface area contributed by atoms with Gasteiger partial charge in [0, 0.05) is 28.8 Å². The number of rotatable bonds is 5. The molecule has 0 aliphatic heterocycles. The number of aromatic nitrogens is 2. The van der Waals surface area contributed by atoms with Gasteiger partial charge in [0.2, 0.25) is 0 Å². The summed E-state index contributed by atoms with van der Waals surface area (Å²) < 4.78 is 23.8. The van der Waals surface area contributed by atoms with E-state index in [1.165, 1.54) is 18.2 Å². The van der Waals surface area contributed by atoms with Crippen LogP contribution in [-0.2, 0) is 4.79 Å². The van der Waals surface area contributed by atoms with Gasteiger partial charge in [-0.25, -0.2) is 14.2 Å². The molecule has 0 unspecified atom stereocenters. The van der Waals surface area contributed by atoms with Gasteiger partial charge in [-0.05, 0) is 60.7 Å². The predicted molar refractivity (Wildman–Crippen MR) is 118 cm³/mol. The number of halogens is 1. The lowest BCUT2D eigenvalue weighted by molar-refractivity contribution is -0.118. The highest BCUT2D eigenvalue weighted by Gasteiger charge is 2.09. The van der Waals surface area contributed by atoms with Crippen LogP contribution in [0.1, 0.15) is 0 Å². The predicted octanol–water partition coefficient (Wildman–Crippen LogP) is 4.49. The van der Waals surface area contributed by atoms with Crippen molar-refractivity contribution < 1.29 is 18.3 Å². The number of benzene rings is 3. The Morgan fingerprint density at radius 2 is 1.84 bits per heavy atom. The van der Waals surface area contributed by atoms with Crippen LogP contribution in [0, 0.1) is 5.82 Å². The molecule has 8 heteroatoms. The van der Waals surface area contributed by atoms with Crippen molar-refractivity contribution in [2.24, 2.45) is 0 Å². The van der Waals surface area contributed by atoms with Crippen LogP contribution in [0.3, 0.4) is 0 Å². The minimum atomic E-state index is -0.454. The van der Waals surface area contributed by atoms with Crippen molar-refractivity contribution in [1.29, 1.82) is 0 Å². The Hall–Kier alpha value is -4.46. The molecule has 0 aliphatic rings. The maximum Gasteiger partial charge on any atom is 0.336 e. The number of H-pyrrole nitrogens is 1. The highest BCUT2D eigenvalue weighted by molar-refractivity contribution is 5.94. The van der Waals surface area contributed by atoms with E-state index in [2.05, 4.69) is 15.3 Å². The number of aromatic amines is 1. The average molecular weight is 429 g/mol. The van der Waals surface area contributed by atoms with Crippen LogP contribution in [0.5, 0.6) is 5.75 Å². The zero-order valence-corrected chi connectivity index (χ0v) is 16.6. The second kappa shape index (κ2) is 7.99. The second-order valence-corrected chi connectivity index (χ2v) is 7.12. The largest absolute Gasteiger partial charge is 0.484 e. The fourth-order valence-corrected chi connectivity index (χ4v) is 3.31. The second-order valence-electron chi connectivity index (χ2n) is 7.12. The quantitative estimate of drug-likeness (QED) is 0.401. The summed E-state index contributed by atoms with van der Waals surface area (Å²) in [7, 11) is 0. The van der Waals surface area contributed by atoms with Crippen molar-refractivity contribution in [3.05, 3.63) is 89.0 Å². The minimum Gasteiger partial charge on any atom is -0.484 e. The zero-order valence-electron chi connectivity index (χ0n) is 16.6. The number of hydrogen-bond donors (Lipinski definition) is 2. The molecule has 0 spiro atoms. The molecule has 0 bridgehead atoms. The third kappa shape index (κ3) is 4.06. The maximum atomic E-state index is 13.1. The molecule has 2 heterocycles. The lowest BCUT2D eigenvalue weighted by atomic mass is 10.2. The first-order chi connectivity index (χ1) is 15.5. The molecule has 0 saturated heterocycles. The van der Waals surface area contributed by atoms with Gasteiger partial charge in [0.15, 0.2) is 6.61 Å². The Balaban J connectivity index is 1.27. The number of amides is 1. The fraction of sp³-hybridized carbons (Fsp3) is 0.0417. The summed E-state index contributed by atoms with van der Waals surface area (Å²) in [6.45, 7) is -0.218. The Morgan fingerprint density at radius 3 is 2.69 bits per heavy atom. The first-order valence-corrected chi connectivity index (χ1v) is 9.76. The van der Waals surface area contributed by atoms with E-state index in [1.54, 1.807) is 54.6 Å². The van der Waals surface area contributed by atoms with E-state index in [1.807, 2.05) is 0 Å². The van der Waals surface area contributed by atoms with Crippen LogP contribution in [0.25, 0.3) is 33.4 Å². The van der Waals surface area contributed by atoms with Crippen molar-refractivity contribution in [1.82, 2.24) is 9.97 Å². The standard InChI is InChI=1S/C24H16FN3O4/c25-16-5-1-15(2-6-16)24-27-19-9-7-17(11-20(19)28-24)26-22(29)13-31-18-8-3-14-4-10-23(30)32-21(14)12-18/h1-12H,13H2,(H,26,29)(H,27,28). The van der Waals surface area contributed by atoms with Crippen molar-refractivity contribution in [3.8, 4) is 17.1 Å². The molecule has 1 amide bonds. The molecule has 0 saturated carbocycles. The van der Waals surface area contributed by atoms with Gasteiger partial charge in [0.1, 0.15) is 23.0 Å². The number of carbonyl (C=O) groups is 1. The molecule has 0 radical (unpaired) electrons. The van der Waals surface area contributed by atoms with Crippen molar-refractivity contribution in [2.45, 2.75) is 0 Å². The first kappa shape index (κ1) is 19.5. The lowest BCUT2D eigenvalue weighted by Gasteiger charge is -2.08. The van der Waals surface area contributed by atoms with Crippen LogP contribution in [-0.4, -0.2) is 22.5 Å². The van der Waals surface area contributed by atoms with Crippen LogP contribution >= 0.6 is 0 Å². The van der Waals surface area contributed by atoms with Gasteiger partial charge in [-0.2, -0.15) is 0 Å². The molecular weight excluding hydrogens is 413 g/mol. The summed E-state index contributed by atoms with van der Waals surface area (Å²) in [5, 5.41) is 3.53. The molecule has 7 nitrogen and oxygen atoms in total. The number of nitrogens with zero attached hydrogens (tertiary/aromatic N) is 1. The summed E-state index contributed by atoms with van der Waals surface area (Å²) >= 11 is 0. The highest BCUT2D eigenvalue weighted by atomic mass is 19.1. The Morgan fingerprint density at radius 1 is 1.03 bits per heavy atom. The van der Waals surface area contributed by atoms with E-state index in [9.17, 15) is 14.0 Å². The van der Waals surface area contributed by atoms with Crippen LogP contribution < -0.4 is 15.7 Å². The molecule has 5 aromatic rings. The van der Waals surface area contributed by atoms with Crippen LogP contribution in [0.2, 0.25) is 0 Å². The van der Waals surface area contributed by atoms with Gasteiger partial charge in [0.05, 0.1) is 11.0 Å². The molecule has 158 valence electrons. The topological polar surface area (TPSA) is 97.2 Å². The van der Waals surface area contributed by atoms with Crippen molar-refractivity contribution in [2.75, 3.05) is 11.9 Å². The SMILES string of the molecule is O=C(COc1ccc2ccc(=O)oc2c1)Nc1ccc2nc(-c3ccc(F)cc3)[nH]c2c1. The smallest absolute Gasteiger partial charge is 0.336 e. The summed E-state index contributed by atoms with van der Waals surface area (Å²) in [5.41, 5.74) is 2.71. The number of ether oxygens (including phenoxy) is 1. The number of carbonyl (C=O) groups excluding carboxylic acids is 1. The van der Waals surface area contributed by atoms with Gasteiger partial charge < -0.3 is 19.5 Å². The van der Waals surface area contributed by atoms with E-state index in [4.69, 9.17) is 9.15 Å². The number of anilines is 1. The molecular formula is C24H16FN3O4. The Labute approximate surface area is 180 Å². The molecule has 2 N–H and O–H groups in total. The summed E-state index contributed by atoms with van der Waals surface area (Å²) in [5.74, 6) is 0.354. The third-order valence-corrected chi connectivity index (χ3v) is 4.85. The maximum absolute atomic E-state index is 13.1. The molecule has 32 heavy (non-hydrogen) atoms. The Kier molecular flexibility index (Phi) is 4.87. The zero-order chi connectivity index (χ0) is 22.1. The Bertz CT molecular complexity index is 1510. The molecule has 3 aromatic carbocycles. The van der Waals surface area contributed by atoms with Crippen LogP contribution in [0.4, 0.5) is 10.1 Å². The van der Waals surface area contributed by atoms with E-state index in [0.29, 0.717) is 22.8 Å². The molecule has 5 rings (SSSR count). The number of nitrogens with one attached hydrogen (secondary N) is 2. The van der Waals surface area contributed by atoms with E-state index < -0.39 is 5.63 Å². The van der Waals surface area contributed by atoms with Crippen molar-refractivity contribution in [3.63, 3.8) is 0 Å². The highest BCUT2D eigenvalue weighted by Crippen LogP contribution is 2.23. The van der Waals surface area contributed by atoms with Crippen molar-refractivity contribution >= 4 is 33.6 Å². The van der Waals surface area contributed by atoms with Gasteiger partial charge in [-0.1, -0.05) is 0 Å². The van der Waals surface area contributed by atoms with E-state index >= 15 is 0 Å². The summed E-state index contributed by atoms with van der Waals surface area (Å²) in [6.07, 6.45) is 0. The van der Waals surface area contributed by atoms with Gasteiger partial charge in [-0.15, -0.1) is 0 Å². The van der Waals surface area contributed by atoms with E-state index in [-0.39, 0.29) is 18.3 Å². The molecule has 0 fully saturated rings. The minimum absolute atomic E-state index is 0.218. The van der Waals surface area contributed by atoms with Gasteiger partial charge in [-0.3, -0.25) is 4.79 Å². The van der Waals surface area contributed by atoms with Gasteiger partial charge in [0.25, 0.3) is 5.91 Å². The number of hydrogen-bond acceptors (Lipinski definition) is 5. The fourth-order valence-electron chi connectivity index (χ4n) is 3.31. The normalized spacial score (nSPS) is 11.0. The molecule has 2 aromatic heterocycles. The summed E-state index contributed by atoms with van der Waals surface area (Å²) in [6, 6.07) is 19.3. The third-order valence-electron chi connectivity index (χ3n) is 4.85. The summed E-state index contributed by atoms with van der Waals surface area (Å²) in [4.78, 5) is 31.4.